The maximum Gasteiger partial charge on any atom is 0.227 e. The molecule has 3 rings (SSSR count). The van der Waals surface area contributed by atoms with Crippen molar-refractivity contribution in [3.8, 4) is 0 Å². The van der Waals surface area contributed by atoms with Crippen LogP contribution in [0.5, 0.6) is 0 Å². The molecule has 3 heteroatoms. The van der Waals surface area contributed by atoms with Crippen molar-refractivity contribution in [3.05, 3.63) is 48.0 Å². The summed E-state index contributed by atoms with van der Waals surface area (Å²) >= 11 is 0. The molecule has 0 spiro atoms. The number of piperidine rings is 1. The molecular formula is C19H24N2O. The van der Waals surface area contributed by atoms with E-state index in [4.69, 9.17) is 5.73 Å². The van der Waals surface area contributed by atoms with Gasteiger partial charge in [0.25, 0.3) is 0 Å². The van der Waals surface area contributed by atoms with E-state index in [0.29, 0.717) is 18.9 Å². The van der Waals surface area contributed by atoms with Crippen molar-refractivity contribution in [2.75, 3.05) is 13.1 Å². The number of fused-ring (bicyclic) bond motifs is 1. The quantitative estimate of drug-likeness (QED) is 0.946. The molecule has 2 unspecified atom stereocenters. The van der Waals surface area contributed by atoms with E-state index < -0.39 is 0 Å². The van der Waals surface area contributed by atoms with Crippen molar-refractivity contribution in [2.45, 2.75) is 32.2 Å². The Hall–Kier alpha value is -1.87. The van der Waals surface area contributed by atoms with Crippen LogP contribution < -0.4 is 5.73 Å². The van der Waals surface area contributed by atoms with Crippen LogP contribution >= 0.6 is 0 Å². The fourth-order valence-corrected chi connectivity index (χ4v) is 3.63. The first-order valence-corrected chi connectivity index (χ1v) is 8.17. The molecule has 0 bridgehead atoms. The molecule has 0 aromatic heterocycles. The Bertz CT molecular complexity index is 662. The largest absolute Gasteiger partial charge is 0.338 e. The van der Waals surface area contributed by atoms with E-state index in [2.05, 4.69) is 31.2 Å². The van der Waals surface area contributed by atoms with Gasteiger partial charge in [-0.1, -0.05) is 49.4 Å². The molecule has 0 radical (unpaired) electrons. The first-order valence-electron chi connectivity index (χ1n) is 8.17. The number of benzene rings is 2. The lowest BCUT2D eigenvalue weighted by molar-refractivity contribution is -0.135. The minimum atomic E-state index is 0.191. The fraction of sp³-hybridized carbons (Fsp3) is 0.421. The molecule has 3 nitrogen and oxygen atoms in total. The standard InChI is InChI=1S/C19H24N2O/c1-14-6-5-11-21(18(14)13-20)19(22)12-16-9-4-8-15-7-2-3-10-17(15)16/h2-4,7-10,14,18H,5-6,11-13,20H2,1H3. The van der Waals surface area contributed by atoms with Gasteiger partial charge in [-0.25, -0.2) is 0 Å². The molecule has 22 heavy (non-hydrogen) atoms. The van der Waals surface area contributed by atoms with Gasteiger partial charge in [-0.3, -0.25) is 4.79 Å². The highest BCUT2D eigenvalue weighted by Crippen LogP contribution is 2.25. The summed E-state index contributed by atoms with van der Waals surface area (Å²) in [7, 11) is 0. The molecule has 1 amide bonds. The third-order valence-electron chi connectivity index (χ3n) is 4.90. The first-order chi connectivity index (χ1) is 10.7. The minimum Gasteiger partial charge on any atom is -0.338 e. The van der Waals surface area contributed by atoms with E-state index in [9.17, 15) is 4.79 Å². The van der Waals surface area contributed by atoms with Crippen LogP contribution in [0.15, 0.2) is 42.5 Å². The van der Waals surface area contributed by atoms with Gasteiger partial charge in [0.15, 0.2) is 0 Å². The average Bonchev–Trinajstić information content (AvgIpc) is 2.55. The summed E-state index contributed by atoms with van der Waals surface area (Å²) in [6, 6.07) is 14.6. The van der Waals surface area contributed by atoms with Crippen LogP contribution in [-0.2, 0) is 11.2 Å². The molecule has 1 aliphatic rings. The molecule has 1 fully saturated rings. The van der Waals surface area contributed by atoms with Gasteiger partial charge in [-0.2, -0.15) is 0 Å². The number of nitrogens with two attached hydrogens (primary N) is 1. The van der Waals surface area contributed by atoms with Crippen LogP contribution in [0.4, 0.5) is 0 Å². The van der Waals surface area contributed by atoms with Crippen molar-refractivity contribution in [1.29, 1.82) is 0 Å². The van der Waals surface area contributed by atoms with Crippen LogP contribution in [0.2, 0.25) is 0 Å². The maximum atomic E-state index is 12.8. The predicted octanol–water partition coefficient (Wildman–Crippen LogP) is 2.97. The normalized spacial score (nSPS) is 22.0. The molecule has 0 aliphatic carbocycles. The highest BCUT2D eigenvalue weighted by Gasteiger charge is 2.30. The zero-order valence-corrected chi connectivity index (χ0v) is 13.2. The molecule has 1 heterocycles. The lowest BCUT2D eigenvalue weighted by Crippen LogP contribution is -2.51. The Labute approximate surface area is 132 Å². The minimum absolute atomic E-state index is 0.191. The Kier molecular flexibility index (Phi) is 4.44. The topological polar surface area (TPSA) is 46.3 Å². The molecular weight excluding hydrogens is 272 g/mol. The van der Waals surface area contributed by atoms with Crippen molar-refractivity contribution in [1.82, 2.24) is 4.90 Å². The number of hydrogen-bond donors (Lipinski definition) is 1. The second-order valence-corrected chi connectivity index (χ2v) is 6.32. The highest BCUT2D eigenvalue weighted by molar-refractivity contribution is 5.90. The molecule has 0 saturated carbocycles. The predicted molar refractivity (Wildman–Crippen MR) is 90.6 cm³/mol. The summed E-state index contributed by atoms with van der Waals surface area (Å²) in [6.07, 6.45) is 2.71. The molecule has 2 N–H and O–H groups in total. The summed E-state index contributed by atoms with van der Waals surface area (Å²) in [5.41, 5.74) is 7.02. The van der Waals surface area contributed by atoms with E-state index in [1.54, 1.807) is 0 Å². The van der Waals surface area contributed by atoms with E-state index in [1.807, 2.05) is 23.1 Å². The Morgan fingerprint density at radius 3 is 2.82 bits per heavy atom. The smallest absolute Gasteiger partial charge is 0.227 e. The third-order valence-corrected chi connectivity index (χ3v) is 4.90. The Morgan fingerprint density at radius 2 is 2.00 bits per heavy atom. The Morgan fingerprint density at radius 1 is 1.23 bits per heavy atom. The zero-order chi connectivity index (χ0) is 15.5. The van der Waals surface area contributed by atoms with Crippen LogP contribution in [0.25, 0.3) is 10.8 Å². The van der Waals surface area contributed by atoms with E-state index in [0.717, 1.165) is 18.5 Å². The van der Waals surface area contributed by atoms with Gasteiger partial charge in [0, 0.05) is 19.1 Å². The molecule has 1 aliphatic heterocycles. The number of carbonyl (C=O) groups excluding carboxylic acids is 1. The van der Waals surface area contributed by atoms with E-state index in [-0.39, 0.29) is 11.9 Å². The number of nitrogens with zero attached hydrogens (tertiary/aromatic N) is 1. The van der Waals surface area contributed by atoms with Crippen LogP contribution in [0.3, 0.4) is 0 Å². The van der Waals surface area contributed by atoms with Crippen molar-refractivity contribution < 1.29 is 4.79 Å². The molecule has 116 valence electrons. The number of rotatable bonds is 3. The average molecular weight is 296 g/mol. The monoisotopic (exact) mass is 296 g/mol. The molecule has 2 atom stereocenters. The van der Waals surface area contributed by atoms with Gasteiger partial charge in [0.05, 0.1) is 6.42 Å². The lowest BCUT2D eigenvalue weighted by atomic mass is 9.90. The van der Waals surface area contributed by atoms with Crippen LogP contribution in [0, 0.1) is 5.92 Å². The summed E-state index contributed by atoms with van der Waals surface area (Å²) in [6.45, 7) is 3.60. The lowest BCUT2D eigenvalue weighted by Gasteiger charge is -2.39. The van der Waals surface area contributed by atoms with Gasteiger partial charge in [-0.15, -0.1) is 0 Å². The van der Waals surface area contributed by atoms with Crippen LogP contribution in [-0.4, -0.2) is 29.9 Å². The fourth-order valence-electron chi connectivity index (χ4n) is 3.63. The first kappa shape index (κ1) is 15.0. The highest BCUT2D eigenvalue weighted by atomic mass is 16.2. The second kappa shape index (κ2) is 6.49. The second-order valence-electron chi connectivity index (χ2n) is 6.32. The number of likely N-dealkylation sites (tertiary alicyclic amines) is 1. The molecule has 1 saturated heterocycles. The number of hydrogen-bond acceptors (Lipinski definition) is 2. The number of carbonyl (C=O) groups is 1. The van der Waals surface area contributed by atoms with Gasteiger partial charge in [0.2, 0.25) is 5.91 Å². The summed E-state index contributed by atoms with van der Waals surface area (Å²) in [4.78, 5) is 14.8. The Balaban J connectivity index is 1.83. The SMILES string of the molecule is CC1CCCN(C(=O)Cc2cccc3ccccc23)C1CN. The molecule has 2 aromatic rings. The third kappa shape index (κ3) is 2.86. The van der Waals surface area contributed by atoms with E-state index >= 15 is 0 Å². The summed E-state index contributed by atoms with van der Waals surface area (Å²) in [5, 5.41) is 2.36. The van der Waals surface area contributed by atoms with Crippen molar-refractivity contribution in [2.24, 2.45) is 11.7 Å². The summed E-state index contributed by atoms with van der Waals surface area (Å²) in [5.74, 6) is 0.702. The number of amides is 1. The van der Waals surface area contributed by atoms with Crippen LogP contribution in [0.1, 0.15) is 25.3 Å². The van der Waals surface area contributed by atoms with Crippen molar-refractivity contribution >= 4 is 16.7 Å². The van der Waals surface area contributed by atoms with Gasteiger partial charge in [-0.05, 0) is 35.1 Å². The summed E-state index contributed by atoms with van der Waals surface area (Å²) < 4.78 is 0. The molecule has 2 aromatic carbocycles. The van der Waals surface area contributed by atoms with Crippen molar-refractivity contribution in [3.63, 3.8) is 0 Å². The maximum absolute atomic E-state index is 12.8. The van der Waals surface area contributed by atoms with Gasteiger partial charge in [0.1, 0.15) is 0 Å². The zero-order valence-electron chi connectivity index (χ0n) is 13.2. The van der Waals surface area contributed by atoms with E-state index in [1.165, 1.54) is 17.2 Å². The van der Waals surface area contributed by atoms with Gasteiger partial charge >= 0.3 is 0 Å². The van der Waals surface area contributed by atoms with Gasteiger partial charge < -0.3 is 10.6 Å².